The van der Waals surface area contributed by atoms with Gasteiger partial charge in [-0.1, -0.05) is 6.07 Å². The Bertz CT molecular complexity index is 1030. The summed E-state index contributed by atoms with van der Waals surface area (Å²) in [7, 11) is 0. The maximum atomic E-state index is 12.2. The number of aromatic hydroxyl groups is 2. The molecule has 3 rings (SSSR count). The Morgan fingerprint density at radius 2 is 0.833 bits per heavy atom. The minimum Gasteiger partial charge on any atom is -0.508 e. The van der Waals surface area contributed by atoms with E-state index in [4.69, 9.17) is 9.47 Å². The first kappa shape index (κ1) is 20.3. The van der Waals surface area contributed by atoms with E-state index in [1.54, 1.807) is 0 Å². The molecule has 0 heterocycles. The molecule has 0 aliphatic rings. The zero-order valence-electron chi connectivity index (χ0n) is 15.3. The molecule has 3 aromatic carbocycles. The Morgan fingerprint density at radius 3 is 1.20 bits per heavy atom. The Kier molecular flexibility index (Phi) is 5.88. The summed E-state index contributed by atoms with van der Waals surface area (Å²) in [6.07, 6.45) is 0. The van der Waals surface area contributed by atoms with Gasteiger partial charge in [0, 0.05) is 0 Å². The number of phenolic OH excluding ortho intramolecular Hbond substituents is 2. The van der Waals surface area contributed by atoms with Gasteiger partial charge in [-0.3, -0.25) is 0 Å². The Hall–Kier alpha value is -4.46. The molecular weight excluding hydrogens is 392 g/mol. The smallest absolute Gasteiger partial charge is 0.346 e. The minimum atomic E-state index is -1.01. The molecule has 0 atom stereocenters. The summed E-state index contributed by atoms with van der Waals surface area (Å²) in [6, 6.07) is 15.3. The molecule has 0 radical (unpaired) electrons. The van der Waals surface area contributed by atoms with E-state index in [1.165, 1.54) is 66.7 Å². The first-order valence-corrected chi connectivity index (χ1v) is 8.54. The van der Waals surface area contributed by atoms with Crippen molar-refractivity contribution in [3.63, 3.8) is 0 Å². The third-order valence-corrected chi connectivity index (χ3v) is 3.91. The molecule has 2 N–H and O–H groups in total. The summed E-state index contributed by atoms with van der Waals surface area (Å²) in [5.41, 5.74) is -0.102. The van der Waals surface area contributed by atoms with Crippen LogP contribution in [0.3, 0.4) is 0 Å². The third-order valence-electron chi connectivity index (χ3n) is 3.91. The van der Waals surface area contributed by atoms with Gasteiger partial charge in [0.2, 0.25) is 0 Å². The monoisotopic (exact) mass is 406 g/mol. The van der Waals surface area contributed by atoms with Gasteiger partial charge in [0.15, 0.2) is 0 Å². The van der Waals surface area contributed by atoms with Gasteiger partial charge in [-0.05, 0) is 66.7 Å². The zero-order chi connectivity index (χ0) is 21.7. The van der Waals surface area contributed by atoms with Crippen LogP contribution >= 0.6 is 0 Å². The van der Waals surface area contributed by atoms with Crippen LogP contribution in [0, 0.1) is 0 Å². The van der Waals surface area contributed by atoms with Crippen LogP contribution in [0.25, 0.3) is 0 Å². The van der Waals surface area contributed by atoms with Gasteiger partial charge >= 0.3 is 23.9 Å². The van der Waals surface area contributed by atoms with Crippen molar-refractivity contribution in [1.29, 1.82) is 0 Å². The second-order valence-corrected chi connectivity index (χ2v) is 6.03. The molecule has 0 amide bonds. The number of carbonyl (C=O) groups excluding carboxylic acids is 4. The van der Waals surface area contributed by atoms with Crippen molar-refractivity contribution in [3.05, 3.63) is 95.1 Å². The highest BCUT2D eigenvalue weighted by molar-refractivity contribution is 6.05. The van der Waals surface area contributed by atoms with Crippen molar-refractivity contribution in [3.8, 4) is 11.5 Å². The van der Waals surface area contributed by atoms with Gasteiger partial charge in [0.1, 0.15) is 11.5 Å². The molecule has 8 heteroatoms. The standard InChI is InChI=1S/C22H14O8/c23-17-8-4-13(5-9-17)19(25)29-21(27)15-2-1-3-16(12-15)22(28)30-20(26)14-6-10-18(24)11-7-14/h1-12,23-24H. The zero-order valence-corrected chi connectivity index (χ0v) is 15.3. The van der Waals surface area contributed by atoms with Gasteiger partial charge in [-0.2, -0.15) is 0 Å². The van der Waals surface area contributed by atoms with Crippen LogP contribution in [0.2, 0.25) is 0 Å². The number of hydrogen-bond acceptors (Lipinski definition) is 8. The minimum absolute atomic E-state index is 0.0501. The number of esters is 4. The summed E-state index contributed by atoms with van der Waals surface area (Å²) >= 11 is 0. The topological polar surface area (TPSA) is 127 Å². The molecule has 150 valence electrons. The number of rotatable bonds is 4. The van der Waals surface area contributed by atoms with Crippen molar-refractivity contribution in [1.82, 2.24) is 0 Å². The van der Waals surface area contributed by atoms with E-state index < -0.39 is 23.9 Å². The van der Waals surface area contributed by atoms with E-state index in [9.17, 15) is 29.4 Å². The third kappa shape index (κ3) is 4.87. The lowest BCUT2D eigenvalue weighted by molar-refractivity contribution is 0.0386. The number of ether oxygens (including phenoxy) is 2. The first-order valence-electron chi connectivity index (χ1n) is 8.54. The molecule has 0 bridgehead atoms. The SMILES string of the molecule is O=C(OC(=O)c1cccc(C(=O)OC(=O)c2ccc(O)cc2)c1)c1ccc(O)cc1. The van der Waals surface area contributed by atoms with Gasteiger partial charge in [0.25, 0.3) is 0 Å². The van der Waals surface area contributed by atoms with Gasteiger partial charge in [-0.15, -0.1) is 0 Å². The molecule has 0 saturated carbocycles. The highest BCUT2D eigenvalue weighted by Gasteiger charge is 2.19. The molecule has 0 saturated heterocycles. The highest BCUT2D eigenvalue weighted by atomic mass is 16.6. The average Bonchev–Trinajstić information content (AvgIpc) is 2.74. The van der Waals surface area contributed by atoms with Gasteiger partial charge in [-0.25, -0.2) is 19.2 Å². The highest BCUT2D eigenvalue weighted by Crippen LogP contribution is 2.15. The van der Waals surface area contributed by atoms with Gasteiger partial charge < -0.3 is 19.7 Å². The quantitative estimate of drug-likeness (QED) is 0.500. The van der Waals surface area contributed by atoms with E-state index >= 15 is 0 Å². The lowest BCUT2D eigenvalue weighted by atomic mass is 10.1. The van der Waals surface area contributed by atoms with Crippen molar-refractivity contribution in [2.24, 2.45) is 0 Å². The van der Waals surface area contributed by atoms with Crippen molar-refractivity contribution in [2.45, 2.75) is 0 Å². The maximum Gasteiger partial charge on any atom is 0.346 e. The lowest BCUT2D eigenvalue weighted by Gasteiger charge is -2.06. The predicted molar refractivity (Wildman–Crippen MR) is 102 cm³/mol. The summed E-state index contributed by atoms with van der Waals surface area (Å²) in [5.74, 6) is -3.98. The summed E-state index contributed by atoms with van der Waals surface area (Å²) < 4.78 is 9.51. The van der Waals surface area contributed by atoms with Crippen LogP contribution in [0.4, 0.5) is 0 Å². The fourth-order valence-corrected chi connectivity index (χ4v) is 2.37. The molecule has 0 spiro atoms. The van der Waals surface area contributed by atoms with Crippen molar-refractivity contribution < 1.29 is 38.9 Å². The predicted octanol–water partition coefficient (Wildman–Crippen LogP) is 3.09. The Morgan fingerprint density at radius 1 is 0.500 bits per heavy atom. The summed E-state index contributed by atoms with van der Waals surface area (Å²) in [5, 5.41) is 18.5. The second kappa shape index (κ2) is 8.70. The van der Waals surface area contributed by atoms with E-state index in [-0.39, 0.29) is 33.8 Å². The molecule has 0 unspecified atom stereocenters. The van der Waals surface area contributed by atoms with Crippen molar-refractivity contribution in [2.75, 3.05) is 0 Å². The lowest BCUT2D eigenvalue weighted by Crippen LogP contribution is -2.15. The molecule has 8 nitrogen and oxygen atoms in total. The molecule has 0 aliphatic heterocycles. The van der Waals surface area contributed by atoms with E-state index in [0.29, 0.717) is 0 Å². The summed E-state index contributed by atoms with van der Waals surface area (Å²) in [6.45, 7) is 0. The number of hydrogen-bond donors (Lipinski definition) is 2. The van der Waals surface area contributed by atoms with Crippen LogP contribution < -0.4 is 0 Å². The Balaban J connectivity index is 1.68. The van der Waals surface area contributed by atoms with Crippen molar-refractivity contribution >= 4 is 23.9 Å². The van der Waals surface area contributed by atoms with E-state index in [1.807, 2.05) is 0 Å². The molecule has 0 aromatic heterocycles. The van der Waals surface area contributed by atoms with Crippen LogP contribution in [0.1, 0.15) is 41.4 Å². The van der Waals surface area contributed by atoms with Gasteiger partial charge in [0.05, 0.1) is 22.3 Å². The van der Waals surface area contributed by atoms with E-state index in [0.717, 1.165) is 6.07 Å². The second-order valence-electron chi connectivity index (χ2n) is 6.03. The Labute approximate surface area is 169 Å². The summed E-state index contributed by atoms with van der Waals surface area (Å²) in [4.78, 5) is 48.4. The van der Waals surface area contributed by atoms with Crippen LogP contribution in [0.5, 0.6) is 11.5 Å². The molecule has 0 aliphatic carbocycles. The maximum absolute atomic E-state index is 12.2. The number of benzene rings is 3. The van der Waals surface area contributed by atoms with E-state index in [2.05, 4.69) is 0 Å². The normalized spacial score (nSPS) is 10.1. The fourth-order valence-electron chi connectivity index (χ4n) is 2.37. The van der Waals surface area contributed by atoms with Crippen LogP contribution in [0.15, 0.2) is 72.8 Å². The number of carbonyl (C=O) groups is 4. The molecule has 0 fully saturated rings. The van der Waals surface area contributed by atoms with Crippen LogP contribution in [-0.2, 0) is 9.47 Å². The average molecular weight is 406 g/mol. The fraction of sp³-hybridized carbons (Fsp3) is 0. The first-order chi connectivity index (χ1) is 14.3. The number of phenols is 2. The molecular formula is C22H14O8. The largest absolute Gasteiger partial charge is 0.508 e. The van der Waals surface area contributed by atoms with Crippen LogP contribution in [-0.4, -0.2) is 34.1 Å². The molecule has 3 aromatic rings. The molecule has 30 heavy (non-hydrogen) atoms.